The number of rotatable bonds is 2. The zero-order valence-corrected chi connectivity index (χ0v) is 12.7. The minimum Gasteiger partial charge on any atom is -0.506 e. The number of benzene rings is 3. The van der Waals surface area contributed by atoms with Crippen LogP contribution in [0.2, 0.25) is 0 Å². The lowest BCUT2D eigenvalue weighted by atomic mass is 10.1. The zero-order chi connectivity index (χ0) is 13.9. The first-order valence-corrected chi connectivity index (χ1v) is 7.20. The third-order valence-electron chi connectivity index (χ3n) is 2.99. The van der Waals surface area contributed by atoms with Crippen LogP contribution in [-0.2, 0) is 0 Å². The minimum atomic E-state index is 0.137. The molecule has 3 aromatic carbocycles. The van der Waals surface area contributed by atoms with Crippen molar-refractivity contribution in [3.8, 4) is 5.75 Å². The quantitative estimate of drug-likeness (QED) is 0.463. The number of hydrogen-bond acceptors (Lipinski definition) is 3. The highest BCUT2D eigenvalue weighted by atomic mass is 127. The lowest BCUT2D eigenvalue weighted by Gasteiger charge is -2.03. The maximum Gasteiger partial charge on any atom is 0.143 e. The van der Waals surface area contributed by atoms with E-state index in [2.05, 4.69) is 32.8 Å². The molecule has 20 heavy (non-hydrogen) atoms. The predicted molar refractivity (Wildman–Crippen MR) is 88.9 cm³/mol. The number of aromatic hydroxyl groups is 1. The Morgan fingerprint density at radius 2 is 1.55 bits per heavy atom. The van der Waals surface area contributed by atoms with Gasteiger partial charge in [0.1, 0.15) is 11.4 Å². The van der Waals surface area contributed by atoms with Gasteiger partial charge in [-0.2, -0.15) is 0 Å². The van der Waals surface area contributed by atoms with E-state index in [1.807, 2.05) is 54.6 Å². The number of azo groups is 1. The van der Waals surface area contributed by atoms with Crippen molar-refractivity contribution in [3.05, 3.63) is 64.2 Å². The molecule has 0 aliphatic carbocycles. The maximum absolute atomic E-state index is 10.0. The molecule has 0 aliphatic heterocycles. The molecule has 3 nitrogen and oxygen atoms in total. The SMILES string of the molecule is Oc1ccc2ccccc2c1N=Nc1ccccc1I. The smallest absolute Gasteiger partial charge is 0.143 e. The Morgan fingerprint density at radius 1 is 0.800 bits per heavy atom. The Hall–Kier alpha value is -1.95. The fraction of sp³-hybridized carbons (Fsp3) is 0. The normalized spacial score (nSPS) is 11.2. The van der Waals surface area contributed by atoms with Crippen LogP contribution in [0.1, 0.15) is 0 Å². The van der Waals surface area contributed by atoms with E-state index in [1.54, 1.807) is 6.07 Å². The lowest BCUT2D eigenvalue weighted by molar-refractivity contribution is 0.477. The van der Waals surface area contributed by atoms with Gasteiger partial charge in [0.25, 0.3) is 0 Å². The van der Waals surface area contributed by atoms with Crippen LogP contribution in [0.4, 0.5) is 11.4 Å². The Bertz CT molecular complexity index is 799. The largest absolute Gasteiger partial charge is 0.506 e. The van der Waals surface area contributed by atoms with E-state index < -0.39 is 0 Å². The van der Waals surface area contributed by atoms with Crippen LogP contribution in [-0.4, -0.2) is 5.11 Å². The van der Waals surface area contributed by atoms with E-state index in [0.29, 0.717) is 5.69 Å². The van der Waals surface area contributed by atoms with Crippen molar-refractivity contribution in [2.75, 3.05) is 0 Å². The van der Waals surface area contributed by atoms with Crippen molar-refractivity contribution < 1.29 is 5.11 Å². The van der Waals surface area contributed by atoms with Gasteiger partial charge in [0.2, 0.25) is 0 Å². The third kappa shape index (κ3) is 2.51. The van der Waals surface area contributed by atoms with Gasteiger partial charge in [-0.15, -0.1) is 10.2 Å². The Balaban J connectivity index is 2.11. The van der Waals surface area contributed by atoms with Crippen LogP contribution >= 0.6 is 22.6 Å². The minimum absolute atomic E-state index is 0.137. The van der Waals surface area contributed by atoms with Gasteiger partial charge in [-0.3, -0.25) is 0 Å². The summed E-state index contributed by atoms with van der Waals surface area (Å²) in [5, 5.41) is 20.4. The molecular formula is C16H11IN2O. The fourth-order valence-corrected chi connectivity index (χ4v) is 2.48. The molecular weight excluding hydrogens is 363 g/mol. The third-order valence-corrected chi connectivity index (χ3v) is 3.90. The summed E-state index contributed by atoms with van der Waals surface area (Å²) in [4.78, 5) is 0. The molecule has 0 aromatic heterocycles. The number of phenols is 1. The van der Waals surface area contributed by atoms with Gasteiger partial charge in [0.15, 0.2) is 0 Å². The van der Waals surface area contributed by atoms with Crippen LogP contribution in [0.25, 0.3) is 10.8 Å². The molecule has 0 spiro atoms. The summed E-state index contributed by atoms with van der Waals surface area (Å²) in [5.41, 5.74) is 1.29. The first-order valence-electron chi connectivity index (χ1n) is 6.13. The second-order valence-corrected chi connectivity index (χ2v) is 5.47. The van der Waals surface area contributed by atoms with Crippen molar-refractivity contribution in [2.45, 2.75) is 0 Å². The number of halogens is 1. The average Bonchev–Trinajstić information content (AvgIpc) is 2.48. The first kappa shape index (κ1) is 13.1. The van der Waals surface area contributed by atoms with Gasteiger partial charge in [0.05, 0.1) is 5.69 Å². The van der Waals surface area contributed by atoms with Crippen molar-refractivity contribution in [1.82, 2.24) is 0 Å². The molecule has 3 rings (SSSR count). The van der Waals surface area contributed by atoms with E-state index in [1.165, 1.54) is 0 Å². The van der Waals surface area contributed by atoms with Gasteiger partial charge < -0.3 is 5.11 Å². The molecule has 0 atom stereocenters. The van der Waals surface area contributed by atoms with Gasteiger partial charge in [-0.1, -0.05) is 42.5 Å². The molecule has 0 unspecified atom stereocenters. The average molecular weight is 374 g/mol. The molecule has 0 saturated carbocycles. The van der Waals surface area contributed by atoms with Crippen LogP contribution in [0.15, 0.2) is 70.9 Å². The van der Waals surface area contributed by atoms with Crippen molar-refractivity contribution >= 4 is 44.7 Å². The van der Waals surface area contributed by atoms with Gasteiger partial charge in [0, 0.05) is 8.96 Å². The second kappa shape index (κ2) is 5.58. The molecule has 0 heterocycles. The summed E-state index contributed by atoms with van der Waals surface area (Å²) in [6, 6.07) is 19.1. The van der Waals surface area contributed by atoms with Gasteiger partial charge in [-0.25, -0.2) is 0 Å². The molecule has 0 fully saturated rings. The maximum atomic E-state index is 10.0. The number of hydrogen-bond donors (Lipinski definition) is 1. The van der Waals surface area contributed by atoms with E-state index in [4.69, 9.17) is 0 Å². The molecule has 4 heteroatoms. The molecule has 1 N–H and O–H groups in total. The first-order chi connectivity index (χ1) is 9.75. The highest BCUT2D eigenvalue weighted by Gasteiger charge is 2.06. The molecule has 0 bridgehead atoms. The molecule has 0 aliphatic rings. The lowest BCUT2D eigenvalue weighted by Crippen LogP contribution is -1.75. The van der Waals surface area contributed by atoms with Crippen molar-refractivity contribution in [1.29, 1.82) is 0 Å². The summed E-state index contributed by atoms with van der Waals surface area (Å²) in [5.74, 6) is 0.137. The fourth-order valence-electron chi connectivity index (χ4n) is 1.99. The predicted octanol–water partition coefficient (Wildman–Crippen LogP) is 5.57. The van der Waals surface area contributed by atoms with E-state index in [9.17, 15) is 5.11 Å². The second-order valence-electron chi connectivity index (χ2n) is 4.31. The monoisotopic (exact) mass is 374 g/mol. The molecule has 0 saturated heterocycles. The highest BCUT2D eigenvalue weighted by molar-refractivity contribution is 14.1. The van der Waals surface area contributed by atoms with E-state index in [0.717, 1.165) is 20.0 Å². The highest BCUT2D eigenvalue weighted by Crippen LogP contribution is 2.36. The van der Waals surface area contributed by atoms with Crippen LogP contribution in [0.3, 0.4) is 0 Å². The molecule has 0 amide bonds. The van der Waals surface area contributed by atoms with E-state index in [-0.39, 0.29) is 5.75 Å². The Kier molecular flexibility index (Phi) is 3.64. The zero-order valence-electron chi connectivity index (χ0n) is 10.5. The van der Waals surface area contributed by atoms with Gasteiger partial charge in [-0.05, 0) is 46.2 Å². The summed E-state index contributed by atoms with van der Waals surface area (Å²) in [6.07, 6.45) is 0. The Labute approximate surface area is 130 Å². The van der Waals surface area contributed by atoms with Crippen LogP contribution < -0.4 is 0 Å². The summed E-state index contributed by atoms with van der Waals surface area (Å²) < 4.78 is 1.02. The van der Waals surface area contributed by atoms with Crippen molar-refractivity contribution in [3.63, 3.8) is 0 Å². The molecule has 3 aromatic rings. The molecule has 0 radical (unpaired) electrons. The van der Waals surface area contributed by atoms with Crippen molar-refractivity contribution in [2.24, 2.45) is 10.2 Å². The summed E-state index contributed by atoms with van der Waals surface area (Å²) in [6.45, 7) is 0. The van der Waals surface area contributed by atoms with E-state index >= 15 is 0 Å². The van der Waals surface area contributed by atoms with Crippen LogP contribution in [0, 0.1) is 3.57 Å². The Morgan fingerprint density at radius 3 is 2.40 bits per heavy atom. The van der Waals surface area contributed by atoms with Crippen LogP contribution in [0.5, 0.6) is 5.75 Å². The van der Waals surface area contributed by atoms with Gasteiger partial charge >= 0.3 is 0 Å². The summed E-state index contributed by atoms with van der Waals surface area (Å²) in [7, 11) is 0. The number of fused-ring (bicyclic) bond motifs is 1. The number of phenolic OH excluding ortho intramolecular Hbond substituents is 1. The topological polar surface area (TPSA) is 45.0 Å². The molecule has 98 valence electrons. The summed E-state index contributed by atoms with van der Waals surface area (Å²) >= 11 is 2.21. The number of nitrogens with zero attached hydrogens (tertiary/aromatic N) is 2. The standard InChI is InChI=1S/C16H11IN2O/c17-13-7-3-4-8-14(13)18-19-16-12-6-2-1-5-11(12)9-10-15(16)20/h1-10,20H.